The van der Waals surface area contributed by atoms with Crippen molar-refractivity contribution >= 4 is 26.7 Å². The van der Waals surface area contributed by atoms with Crippen LogP contribution < -0.4 is 9.64 Å². The van der Waals surface area contributed by atoms with E-state index in [0.29, 0.717) is 6.61 Å². The Balaban J connectivity index is 1.87. The summed E-state index contributed by atoms with van der Waals surface area (Å²) >= 11 is 1.74. The number of fused-ring (bicyclic) bond motifs is 1. The molecule has 0 aliphatic carbocycles. The van der Waals surface area contributed by atoms with Gasteiger partial charge in [-0.25, -0.2) is 4.98 Å². The van der Waals surface area contributed by atoms with Crippen molar-refractivity contribution in [3.05, 3.63) is 54.1 Å². The number of anilines is 1. The number of nitrogens with zero attached hydrogens (tertiary/aromatic N) is 3. The van der Waals surface area contributed by atoms with E-state index in [2.05, 4.69) is 60.3 Å². The van der Waals surface area contributed by atoms with Crippen LogP contribution in [0.3, 0.4) is 0 Å². The van der Waals surface area contributed by atoms with E-state index in [0.717, 1.165) is 36.0 Å². The van der Waals surface area contributed by atoms with Gasteiger partial charge in [-0.15, -0.1) is 0 Å². The standard InChI is InChI=1S/C20H25N3OS/c1-4-24-17-10-11-19-18(14-17)21-20(25-19)23(13-12-22(2)3)15-16-8-6-5-7-9-16/h5-11,14H,4,12-13,15H2,1-3H3. The minimum absolute atomic E-state index is 0.672. The SMILES string of the molecule is CCOc1ccc2sc(N(CCN(C)C)Cc3ccccc3)nc2c1. The van der Waals surface area contributed by atoms with Gasteiger partial charge in [-0.2, -0.15) is 0 Å². The fraction of sp³-hybridized carbons (Fsp3) is 0.350. The molecule has 0 N–H and O–H groups in total. The Morgan fingerprint density at radius 2 is 1.84 bits per heavy atom. The average Bonchev–Trinajstić information content (AvgIpc) is 3.03. The maximum Gasteiger partial charge on any atom is 0.186 e. The van der Waals surface area contributed by atoms with Crippen molar-refractivity contribution < 1.29 is 4.74 Å². The fourth-order valence-corrected chi connectivity index (χ4v) is 3.62. The summed E-state index contributed by atoms with van der Waals surface area (Å²) in [7, 11) is 4.21. The molecule has 3 rings (SSSR count). The largest absolute Gasteiger partial charge is 0.494 e. The Hall–Kier alpha value is -2.11. The molecular weight excluding hydrogens is 330 g/mol. The van der Waals surface area contributed by atoms with Gasteiger partial charge in [0.15, 0.2) is 5.13 Å². The lowest BCUT2D eigenvalue weighted by Gasteiger charge is -2.23. The molecule has 0 spiro atoms. The Morgan fingerprint density at radius 3 is 2.56 bits per heavy atom. The van der Waals surface area contributed by atoms with Gasteiger partial charge in [0.1, 0.15) is 5.75 Å². The van der Waals surface area contributed by atoms with E-state index in [9.17, 15) is 0 Å². The van der Waals surface area contributed by atoms with Crippen LogP contribution in [0.1, 0.15) is 12.5 Å². The van der Waals surface area contributed by atoms with Gasteiger partial charge in [-0.1, -0.05) is 41.7 Å². The molecule has 4 nitrogen and oxygen atoms in total. The third-order valence-electron chi connectivity index (χ3n) is 3.96. The van der Waals surface area contributed by atoms with Crippen LogP contribution in [-0.2, 0) is 6.54 Å². The van der Waals surface area contributed by atoms with Gasteiger partial charge < -0.3 is 14.5 Å². The highest BCUT2D eigenvalue weighted by Crippen LogP contribution is 2.32. The van der Waals surface area contributed by atoms with Gasteiger partial charge in [0.2, 0.25) is 0 Å². The van der Waals surface area contributed by atoms with E-state index in [1.807, 2.05) is 19.1 Å². The maximum absolute atomic E-state index is 5.60. The molecule has 0 aliphatic heterocycles. The number of hydrogen-bond acceptors (Lipinski definition) is 5. The first kappa shape index (κ1) is 17.7. The average molecular weight is 356 g/mol. The van der Waals surface area contributed by atoms with Crippen LogP contribution in [0.2, 0.25) is 0 Å². The Kier molecular flexibility index (Phi) is 5.89. The molecule has 0 atom stereocenters. The van der Waals surface area contributed by atoms with E-state index in [1.54, 1.807) is 11.3 Å². The molecule has 132 valence electrons. The van der Waals surface area contributed by atoms with E-state index in [4.69, 9.17) is 9.72 Å². The molecule has 0 amide bonds. The zero-order valence-corrected chi connectivity index (χ0v) is 15.9. The Morgan fingerprint density at radius 1 is 1.04 bits per heavy atom. The monoisotopic (exact) mass is 355 g/mol. The molecule has 3 aromatic rings. The van der Waals surface area contributed by atoms with Crippen molar-refractivity contribution in [3.8, 4) is 5.75 Å². The number of benzene rings is 2. The third kappa shape index (κ3) is 4.71. The first-order chi connectivity index (χ1) is 12.2. The summed E-state index contributed by atoms with van der Waals surface area (Å²) in [5, 5.41) is 1.06. The zero-order chi connectivity index (χ0) is 17.6. The van der Waals surface area contributed by atoms with Crippen LogP contribution in [0.25, 0.3) is 10.2 Å². The first-order valence-corrected chi connectivity index (χ1v) is 9.44. The van der Waals surface area contributed by atoms with E-state index in [1.165, 1.54) is 10.3 Å². The number of thiazole rings is 1. The second-order valence-corrected chi connectivity index (χ2v) is 7.28. The highest BCUT2D eigenvalue weighted by molar-refractivity contribution is 7.22. The molecular formula is C20H25N3OS. The molecule has 5 heteroatoms. The summed E-state index contributed by atoms with van der Waals surface area (Å²) in [5.41, 5.74) is 2.31. The Labute approximate surface area is 153 Å². The van der Waals surface area contributed by atoms with Crippen LogP contribution in [0.15, 0.2) is 48.5 Å². The molecule has 0 saturated carbocycles. The van der Waals surface area contributed by atoms with Crippen LogP contribution in [-0.4, -0.2) is 43.7 Å². The quantitative estimate of drug-likeness (QED) is 0.603. The van der Waals surface area contributed by atoms with E-state index >= 15 is 0 Å². The first-order valence-electron chi connectivity index (χ1n) is 8.62. The van der Waals surface area contributed by atoms with Crippen molar-refractivity contribution in [2.45, 2.75) is 13.5 Å². The third-order valence-corrected chi connectivity index (χ3v) is 5.06. The lowest BCUT2D eigenvalue weighted by molar-refractivity contribution is 0.340. The van der Waals surface area contributed by atoms with Gasteiger partial charge in [-0.05, 0) is 38.7 Å². The molecule has 1 heterocycles. The number of rotatable bonds is 8. The van der Waals surface area contributed by atoms with Gasteiger partial charge >= 0.3 is 0 Å². The molecule has 0 saturated heterocycles. The summed E-state index contributed by atoms with van der Waals surface area (Å²) in [6.45, 7) is 5.48. The van der Waals surface area contributed by atoms with Crippen molar-refractivity contribution in [2.75, 3.05) is 38.7 Å². The lowest BCUT2D eigenvalue weighted by Crippen LogP contribution is -2.31. The van der Waals surface area contributed by atoms with Gasteiger partial charge in [0, 0.05) is 25.7 Å². The molecule has 0 radical (unpaired) electrons. The Bertz CT molecular complexity index is 801. The number of ether oxygens (including phenoxy) is 1. The number of aromatic nitrogens is 1. The molecule has 0 bridgehead atoms. The highest BCUT2D eigenvalue weighted by atomic mass is 32.1. The van der Waals surface area contributed by atoms with Crippen molar-refractivity contribution in [2.24, 2.45) is 0 Å². The smallest absolute Gasteiger partial charge is 0.186 e. The van der Waals surface area contributed by atoms with E-state index < -0.39 is 0 Å². The molecule has 0 fully saturated rings. The maximum atomic E-state index is 5.60. The van der Waals surface area contributed by atoms with E-state index in [-0.39, 0.29) is 0 Å². The summed E-state index contributed by atoms with van der Waals surface area (Å²) in [6, 6.07) is 16.7. The minimum Gasteiger partial charge on any atom is -0.494 e. The highest BCUT2D eigenvalue weighted by Gasteiger charge is 2.14. The normalized spacial score (nSPS) is 11.2. The fourth-order valence-electron chi connectivity index (χ4n) is 2.65. The minimum atomic E-state index is 0.672. The summed E-state index contributed by atoms with van der Waals surface area (Å²) in [5.74, 6) is 0.884. The number of hydrogen-bond donors (Lipinski definition) is 0. The lowest BCUT2D eigenvalue weighted by atomic mass is 10.2. The summed E-state index contributed by atoms with van der Waals surface area (Å²) in [6.07, 6.45) is 0. The van der Waals surface area contributed by atoms with Gasteiger partial charge in [-0.3, -0.25) is 0 Å². The van der Waals surface area contributed by atoms with Crippen molar-refractivity contribution in [1.82, 2.24) is 9.88 Å². The molecule has 0 unspecified atom stereocenters. The molecule has 0 aliphatic rings. The van der Waals surface area contributed by atoms with Crippen LogP contribution in [0.5, 0.6) is 5.75 Å². The van der Waals surface area contributed by atoms with Gasteiger partial charge in [0.25, 0.3) is 0 Å². The topological polar surface area (TPSA) is 28.6 Å². The molecule has 25 heavy (non-hydrogen) atoms. The summed E-state index contributed by atoms with van der Waals surface area (Å²) < 4.78 is 6.80. The van der Waals surface area contributed by atoms with Crippen LogP contribution in [0.4, 0.5) is 5.13 Å². The summed E-state index contributed by atoms with van der Waals surface area (Å²) in [4.78, 5) is 9.44. The molecule has 2 aromatic carbocycles. The predicted molar refractivity (Wildman–Crippen MR) is 107 cm³/mol. The van der Waals surface area contributed by atoms with Gasteiger partial charge in [0.05, 0.1) is 16.8 Å². The van der Waals surface area contributed by atoms with Crippen molar-refractivity contribution in [3.63, 3.8) is 0 Å². The van der Waals surface area contributed by atoms with Crippen LogP contribution in [0, 0.1) is 0 Å². The van der Waals surface area contributed by atoms with Crippen LogP contribution >= 0.6 is 11.3 Å². The second kappa shape index (κ2) is 8.32. The number of likely N-dealkylation sites (N-methyl/N-ethyl adjacent to an activating group) is 1. The second-order valence-electron chi connectivity index (χ2n) is 6.27. The predicted octanol–water partition coefficient (Wildman–Crippen LogP) is 4.26. The zero-order valence-electron chi connectivity index (χ0n) is 15.1. The molecule has 1 aromatic heterocycles. The van der Waals surface area contributed by atoms with Crippen molar-refractivity contribution in [1.29, 1.82) is 0 Å².